The molecule has 3 aliphatic carbocycles. The second kappa shape index (κ2) is 3.87. The molecule has 3 nitrogen and oxygen atoms in total. The van der Waals surface area contributed by atoms with Crippen LogP contribution in [0, 0.1) is 11.3 Å². The maximum absolute atomic E-state index is 11.5. The molecular weight excluding hydrogens is 252 g/mol. The van der Waals surface area contributed by atoms with E-state index in [0.29, 0.717) is 5.92 Å². The van der Waals surface area contributed by atoms with Crippen LogP contribution in [-0.4, -0.2) is 18.2 Å². The smallest absolute Gasteiger partial charge is 0.310 e. The summed E-state index contributed by atoms with van der Waals surface area (Å²) in [4.78, 5) is 11.5. The molecule has 0 unspecified atom stereocenters. The van der Waals surface area contributed by atoms with E-state index in [1.165, 1.54) is 22.3 Å². The van der Waals surface area contributed by atoms with Crippen molar-refractivity contribution in [3.63, 3.8) is 0 Å². The van der Waals surface area contributed by atoms with Crippen molar-refractivity contribution in [3.8, 4) is 5.75 Å². The average Bonchev–Trinajstić information content (AvgIpc) is 3.22. The molecule has 104 valence electrons. The highest BCUT2D eigenvalue weighted by Gasteiger charge is 2.63. The molecular formula is C17H18O3. The molecule has 1 saturated carbocycles. The lowest BCUT2D eigenvalue weighted by Crippen LogP contribution is -2.23. The van der Waals surface area contributed by atoms with Gasteiger partial charge in [0, 0.05) is 0 Å². The number of methoxy groups -OCH3 is 1. The van der Waals surface area contributed by atoms with Crippen LogP contribution in [0.15, 0.2) is 23.8 Å². The molecule has 0 aromatic heterocycles. The number of carbonyl (C=O) groups is 1. The number of aryl methyl sites for hydroxylation is 1. The summed E-state index contributed by atoms with van der Waals surface area (Å²) >= 11 is 0. The molecule has 3 heteroatoms. The van der Waals surface area contributed by atoms with E-state index in [2.05, 4.69) is 12.1 Å². The molecule has 1 aromatic carbocycles. The quantitative estimate of drug-likeness (QED) is 0.897. The number of hydrogen-bond donors (Lipinski definition) is 1. The first-order valence-electron chi connectivity index (χ1n) is 7.28. The Morgan fingerprint density at radius 2 is 2.20 bits per heavy atom. The zero-order valence-electron chi connectivity index (χ0n) is 11.6. The molecule has 0 amide bonds. The van der Waals surface area contributed by atoms with Gasteiger partial charge < -0.3 is 9.84 Å². The molecule has 0 spiro atoms. The van der Waals surface area contributed by atoms with Crippen LogP contribution in [0.25, 0.3) is 5.57 Å². The summed E-state index contributed by atoms with van der Waals surface area (Å²) in [6.07, 6.45) is 4.61. The Bertz CT molecular complexity index is 644. The van der Waals surface area contributed by atoms with Crippen LogP contribution in [0.3, 0.4) is 0 Å². The lowest BCUT2D eigenvalue weighted by atomic mass is 9.75. The predicted octanol–water partition coefficient (Wildman–Crippen LogP) is 3.28. The van der Waals surface area contributed by atoms with Crippen LogP contribution in [0.4, 0.5) is 0 Å². The van der Waals surface area contributed by atoms with Crippen LogP contribution in [0.1, 0.15) is 36.8 Å². The molecule has 1 fully saturated rings. The van der Waals surface area contributed by atoms with Gasteiger partial charge in [-0.1, -0.05) is 11.6 Å². The van der Waals surface area contributed by atoms with Gasteiger partial charge in [-0.15, -0.1) is 0 Å². The Hall–Kier alpha value is -1.77. The minimum absolute atomic E-state index is 0.305. The number of fused-ring (bicyclic) bond motifs is 4. The van der Waals surface area contributed by atoms with Crippen LogP contribution in [0.5, 0.6) is 5.75 Å². The van der Waals surface area contributed by atoms with E-state index in [0.717, 1.165) is 37.9 Å². The van der Waals surface area contributed by atoms with Gasteiger partial charge in [0.1, 0.15) is 5.75 Å². The van der Waals surface area contributed by atoms with Gasteiger partial charge in [0.25, 0.3) is 0 Å². The van der Waals surface area contributed by atoms with Gasteiger partial charge in [-0.25, -0.2) is 0 Å². The molecule has 1 N–H and O–H groups in total. The number of allylic oxidation sites excluding steroid dienone is 2. The first kappa shape index (κ1) is 12.0. The summed E-state index contributed by atoms with van der Waals surface area (Å²) in [5.74, 6) is 0.628. The van der Waals surface area contributed by atoms with Gasteiger partial charge in [-0.05, 0) is 66.9 Å². The molecule has 0 heterocycles. The number of rotatable bonds is 2. The molecule has 0 bridgehead atoms. The standard InChI is InChI=1S/C17H18O3/c1-20-11-3-5-12-10(8-11)2-4-14-13(12)6-7-17(16(18)19)9-15(14)17/h3,5,8,15H,2,4,6-7,9H2,1H3,(H,18,19)/t15-,17+/m1/s1. The van der Waals surface area contributed by atoms with Crippen LogP contribution < -0.4 is 4.74 Å². The van der Waals surface area contributed by atoms with Crippen LogP contribution >= 0.6 is 0 Å². The normalized spacial score (nSPS) is 30.1. The number of carboxylic acid groups (broad SMARTS) is 1. The summed E-state index contributed by atoms with van der Waals surface area (Å²) in [5, 5.41) is 9.45. The minimum atomic E-state index is -0.588. The van der Waals surface area contributed by atoms with Crippen molar-refractivity contribution in [3.05, 3.63) is 34.9 Å². The first-order valence-corrected chi connectivity index (χ1v) is 7.28. The van der Waals surface area contributed by atoms with Crippen LogP contribution in [-0.2, 0) is 11.2 Å². The Kier molecular flexibility index (Phi) is 2.33. The van der Waals surface area contributed by atoms with Crippen molar-refractivity contribution in [2.24, 2.45) is 11.3 Å². The highest BCUT2D eigenvalue weighted by molar-refractivity contribution is 5.85. The van der Waals surface area contributed by atoms with Crippen molar-refractivity contribution in [2.75, 3.05) is 7.11 Å². The molecule has 0 radical (unpaired) electrons. The Morgan fingerprint density at radius 1 is 1.35 bits per heavy atom. The second-order valence-corrected chi connectivity index (χ2v) is 6.24. The third-order valence-electron chi connectivity index (χ3n) is 5.43. The fourth-order valence-corrected chi connectivity index (χ4v) is 4.20. The number of hydrogen-bond acceptors (Lipinski definition) is 2. The maximum Gasteiger partial charge on any atom is 0.310 e. The zero-order valence-corrected chi connectivity index (χ0v) is 11.6. The van der Waals surface area contributed by atoms with Gasteiger partial charge >= 0.3 is 5.97 Å². The van der Waals surface area contributed by atoms with Crippen molar-refractivity contribution in [1.82, 2.24) is 0 Å². The number of carboxylic acids is 1. The van der Waals surface area contributed by atoms with E-state index in [1.54, 1.807) is 7.11 Å². The van der Waals surface area contributed by atoms with E-state index in [1.807, 2.05) is 6.07 Å². The lowest BCUT2D eigenvalue weighted by Gasteiger charge is -2.30. The SMILES string of the molecule is COc1ccc2c(c1)CCC1=C2CC[C@]2(C(=O)O)C[C@H]12. The van der Waals surface area contributed by atoms with E-state index in [9.17, 15) is 9.90 Å². The Labute approximate surface area is 118 Å². The predicted molar refractivity (Wildman–Crippen MR) is 75.6 cm³/mol. The molecule has 1 aromatic rings. The molecule has 4 rings (SSSR count). The molecule has 3 aliphatic rings. The number of aliphatic carboxylic acids is 1. The van der Waals surface area contributed by atoms with Crippen LogP contribution in [0.2, 0.25) is 0 Å². The number of benzene rings is 1. The maximum atomic E-state index is 11.5. The van der Waals surface area contributed by atoms with E-state index in [4.69, 9.17) is 4.74 Å². The molecule has 2 atom stereocenters. The fourth-order valence-electron chi connectivity index (χ4n) is 4.20. The fraction of sp³-hybridized carbons (Fsp3) is 0.471. The summed E-state index contributed by atoms with van der Waals surface area (Å²) < 4.78 is 5.30. The van der Waals surface area contributed by atoms with Crippen molar-refractivity contribution in [2.45, 2.75) is 32.1 Å². The Balaban J connectivity index is 1.77. The Morgan fingerprint density at radius 3 is 2.95 bits per heavy atom. The minimum Gasteiger partial charge on any atom is -0.497 e. The van der Waals surface area contributed by atoms with Gasteiger partial charge in [0.05, 0.1) is 12.5 Å². The largest absolute Gasteiger partial charge is 0.497 e. The van der Waals surface area contributed by atoms with Gasteiger partial charge in [0.15, 0.2) is 0 Å². The summed E-state index contributed by atoms with van der Waals surface area (Å²) in [7, 11) is 1.70. The molecule has 20 heavy (non-hydrogen) atoms. The lowest BCUT2D eigenvalue weighted by molar-refractivity contribution is -0.144. The van der Waals surface area contributed by atoms with E-state index in [-0.39, 0.29) is 0 Å². The zero-order chi connectivity index (χ0) is 13.9. The second-order valence-electron chi connectivity index (χ2n) is 6.24. The molecule has 0 aliphatic heterocycles. The van der Waals surface area contributed by atoms with Gasteiger partial charge in [0.2, 0.25) is 0 Å². The first-order chi connectivity index (χ1) is 9.65. The van der Waals surface area contributed by atoms with Crippen molar-refractivity contribution in [1.29, 1.82) is 0 Å². The van der Waals surface area contributed by atoms with Gasteiger partial charge in [-0.3, -0.25) is 4.79 Å². The highest BCUT2D eigenvalue weighted by Crippen LogP contribution is 2.66. The topological polar surface area (TPSA) is 46.5 Å². The van der Waals surface area contributed by atoms with E-state index >= 15 is 0 Å². The average molecular weight is 270 g/mol. The summed E-state index contributed by atoms with van der Waals surface area (Å²) in [6.45, 7) is 0. The third kappa shape index (κ3) is 1.43. The highest BCUT2D eigenvalue weighted by atomic mass is 16.5. The summed E-state index contributed by atoms with van der Waals surface area (Å²) in [5.41, 5.74) is 5.12. The third-order valence-corrected chi connectivity index (χ3v) is 5.43. The summed E-state index contributed by atoms with van der Waals surface area (Å²) in [6, 6.07) is 6.30. The monoisotopic (exact) mass is 270 g/mol. The van der Waals surface area contributed by atoms with Crippen molar-refractivity contribution >= 4 is 11.5 Å². The van der Waals surface area contributed by atoms with E-state index < -0.39 is 11.4 Å². The number of ether oxygens (including phenoxy) is 1. The molecule has 0 saturated heterocycles. The van der Waals surface area contributed by atoms with Gasteiger partial charge in [-0.2, -0.15) is 0 Å². The van der Waals surface area contributed by atoms with Crippen molar-refractivity contribution < 1.29 is 14.6 Å².